The van der Waals surface area contributed by atoms with Gasteiger partial charge >= 0.3 is 0 Å². The lowest BCUT2D eigenvalue weighted by atomic mass is 10.1. The van der Waals surface area contributed by atoms with Crippen molar-refractivity contribution in [1.29, 1.82) is 0 Å². The number of rotatable bonds is 2. The number of amides is 1. The maximum Gasteiger partial charge on any atom is 0.254 e. The maximum absolute atomic E-state index is 11.9. The minimum atomic E-state index is -0.100. The van der Waals surface area contributed by atoms with Crippen LogP contribution in [0, 0.1) is 0 Å². The second kappa shape index (κ2) is 4.46. The summed E-state index contributed by atoms with van der Waals surface area (Å²) in [5.41, 5.74) is 2.94. The monoisotopic (exact) mass is 261 g/mol. The first-order chi connectivity index (χ1) is 8.74. The Morgan fingerprint density at radius 3 is 3.17 bits per heavy atom. The van der Waals surface area contributed by atoms with Gasteiger partial charge in [0, 0.05) is 11.2 Å². The molecule has 2 N–H and O–H groups in total. The van der Waals surface area contributed by atoms with Crippen molar-refractivity contribution in [2.45, 2.75) is 18.9 Å². The van der Waals surface area contributed by atoms with Gasteiger partial charge in [0.25, 0.3) is 5.91 Å². The molecule has 1 aliphatic carbocycles. The number of H-pyrrole nitrogens is 1. The molecule has 4 nitrogen and oxygen atoms in total. The molecule has 0 bridgehead atoms. The van der Waals surface area contributed by atoms with Gasteiger partial charge < -0.3 is 5.32 Å². The minimum absolute atomic E-state index is 0.0691. The van der Waals surface area contributed by atoms with Crippen molar-refractivity contribution in [3.63, 3.8) is 0 Å². The lowest BCUT2D eigenvalue weighted by Gasteiger charge is -2.13. The number of aromatic amines is 1. The van der Waals surface area contributed by atoms with E-state index in [1.165, 1.54) is 11.8 Å². The molecule has 2 aromatic rings. The van der Waals surface area contributed by atoms with Crippen LogP contribution in [0.1, 0.15) is 33.9 Å². The average Bonchev–Trinajstić information content (AvgIpc) is 2.98. The maximum atomic E-state index is 11.9. The van der Waals surface area contributed by atoms with E-state index >= 15 is 0 Å². The highest BCUT2D eigenvalue weighted by atomic mass is 35.5. The molecular weight excluding hydrogens is 250 g/mol. The molecule has 5 heteroatoms. The van der Waals surface area contributed by atoms with Crippen molar-refractivity contribution in [2.75, 3.05) is 0 Å². The number of hydrogen-bond donors (Lipinski definition) is 2. The van der Waals surface area contributed by atoms with Crippen molar-refractivity contribution in [3.8, 4) is 0 Å². The third-order valence-electron chi connectivity index (χ3n) is 3.25. The molecule has 0 saturated heterocycles. The average molecular weight is 262 g/mol. The second-order valence-electron chi connectivity index (χ2n) is 4.39. The summed E-state index contributed by atoms with van der Waals surface area (Å²) < 4.78 is 0. The first-order valence-corrected chi connectivity index (χ1v) is 6.20. The number of halogens is 1. The summed E-state index contributed by atoms with van der Waals surface area (Å²) in [7, 11) is 0. The Morgan fingerprint density at radius 2 is 2.39 bits per heavy atom. The molecule has 1 atom stereocenters. The first kappa shape index (κ1) is 11.3. The van der Waals surface area contributed by atoms with Gasteiger partial charge in [-0.05, 0) is 36.1 Å². The van der Waals surface area contributed by atoms with Gasteiger partial charge in [-0.1, -0.05) is 17.7 Å². The van der Waals surface area contributed by atoms with E-state index in [1.807, 2.05) is 18.2 Å². The van der Waals surface area contributed by atoms with E-state index in [-0.39, 0.29) is 11.9 Å². The molecule has 1 aromatic heterocycles. The highest BCUT2D eigenvalue weighted by Crippen LogP contribution is 2.32. The molecule has 92 valence electrons. The summed E-state index contributed by atoms with van der Waals surface area (Å²) in [6, 6.07) is 5.90. The Kier molecular flexibility index (Phi) is 2.80. The first-order valence-electron chi connectivity index (χ1n) is 5.82. The van der Waals surface area contributed by atoms with Crippen molar-refractivity contribution in [2.24, 2.45) is 0 Å². The molecule has 1 heterocycles. The standard InChI is InChI=1S/C13H12ClN3O/c14-10-2-3-11-8(5-10)1-4-12(11)17-13(18)9-6-15-16-7-9/h2-3,5-7,12H,1,4H2,(H,15,16)(H,17,18)/t12-/m1/s1. The van der Waals surface area contributed by atoms with Crippen LogP contribution in [0.15, 0.2) is 30.6 Å². The number of aromatic nitrogens is 2. The smallest absolute Gasteiger partial charge is 0.254 e. The summed E-state index contributed by atoms with van der Waals surface area (Å²) in [5, 5.41) is 10.2. The van der Waals surface area contributed by atoms with Gasteiger partial charge in [-0.25, -0.2) is 0 Å². The molecule has 1 amide bonds. The number of hydrogen-bond acceptors (Lipinski definition) is 2. The van der Waals surface area contributed by atoms with Crippen LogP contribution in [-0.4, -0.2) is 16.1 Å². The van der Waals surface area contributed by atoms with Gasteiger partial charge in [-0.15, -0.1) is 0 Å². The van der Waals surface area contributed by atoms with E-state index in [9.17, 15) is 4.79 Å². The van der Waals surface area contributed by atoms with Crippen LogP contribution in [0.4, 0.5) is 0 Å². The number of nitrogens with one attached hydrogen (secondary N) is 2. The zero-order valence-corrected chi connectivity index (χ0v) is 10.4. The van der Waals surface area contributed by atoms with Gasteiger partial charge in [0.15, 0.2) is 0 Å². The summed E-state index contributed by atoms with van der Waals surface area (Å²) >= 11 is 5.96. The quantitative estimate of drug-likeness (QED) is 0.873. The third kappa shape index (κ3) is 1.99. The fourth-order valence-corrected chi connectivity index (χ4v) is 2.55. The van der Waals surface area contributed by atoms with Crippen LogP contribution in [0.25, 0.3) is 0 Å². The molecule has 1 aromatic carbocycles. The molecule has 1 aliphatic rings. The number of benzene rings is 1. The van der Waals surface area contributed by atoms with E-state index in [2.05, 4.69) is 15.5 Å². The van der Waals surface area contributed by atoms with E-state index < -0.39 is 0 Å². The van der Waals surface area contributed by atoms with Crippen LogP contribution in [0.5, 0.6) is 0 Å². The van der Waals surface area contributed by atoms with Crippen LogP contribution >= 0.6 is 11.6 Å². The van der Waals surface area contributed by atoms with Crippen LogP contribution < -0.4 is 5.32 Å². The Hall–Kier alpha value is -1.81. The van der Waals surface area contributed by atoms with Crippen molar-refractivity contribution >= 4 is 17.5 Å². The number of aryl methyl sites for hydroxylation is 1. The number of carbonyl (C=O) groups is 1. The highest BCUT2D eigenvalue weighted by molar-refractivity contribution is 6.30. The molecule has 0 fully saturated rings. The number of nitrogens with zero attached hydrogens (tertiary/aromatic N) is 1. The summed E-state index contributed by atoms with van der Waals surface area (Å²) in [4.78, 5) is 11.9. The van der Waals surface area contributed by atoms with Gasteiger partial charge in [0.2, 0.25) is 0 Å². The second-order valence-corrected chi connectivity index (χ2v) is 4.83. The molecule has 3 rings (SSSR count). The molecule has 0 radical (unpaired) electrons. The van der Waals surface area contributed by atoms with Gasteiger partial charge in [-0.2, -0.15) is 5.10 Å². The Bertz CT molecular complexity index is 580. The van der Waals surface area contributed by atoms with Crippen LogP contribution in [0.3, 0.4) is 0 Å². The zero-order valence-electron chi connectivity index (χ0n) is 9.61. The summed E-state index contributed by atoms with van der Waals surface area (Å²) in [5.74, 6) is -0.100. The van der Waals surface area contributed by atoms with Gasteiger partial charge in [0.1, 0.15) is 0 Å². The Labute approximate surface area is 109 Å². The van der Waals surface area contributed by atoms with Crippen molar-refractivity contribution in [1.82, 2.24) is 15.5 Å². The molecule has 0 unspecified atom stereocenters. The lowest BCUT2D eigenvalue weighted by molar-refractivity contribution is 0.0937. The molecule has 18 heavy (non-hydrogen) atoms. The molecular formula is C13H12ClN3O. The van der Waals surface area contributed by atoms with E-state index in [4.69, 9.17) is 11.6 Å². The van der Waals surface area contributed by atoms with E-state index in [1.54, 1.807) is 6.20 Å². The minimum Gasteiger partial charge on any atom is -0.345 e. The molecule has 0 aliphatic heterocycles. The van der Waals surface area contributed by atoms with E-state index in [0.29, 0.717) is 5.56 Å². The largest absolute Gasteiger partial charge is 0.345 e. The van der Waals surface area contributed by atoms with Crippen LogP contribution in [0.2, 0.25) is 5.02 Å². The zero-order chi connectivity index (χ0) is 12.5. The van der Waals surface area contributed by atoms with Gasteiger partial charge in [-0.3, -0.25) is 9.89 Å². The van der Waals surface area contributed by atoms with Crippen molar-refractivity contribution < 1.29 is 4.79 Å². The summed E-state index contributed by atoms with van der Waals surface area (Å²) in [6.07, 6.45) is 4.98. The summed E-state index contributed by atoms with van der Waals surface area (Å²) in [6.45, 7) is 0. The highest BCUT2D eigenvalue weighted by Gasteiger charge is 2.24. The van der Waals surface area contributed by atoms with E-state index in [0.717, 1.165) is 23.4 Å². The molecule has 0 saturated carbocycles. The Balaban J connectivity index is 1.79. The van der Waals surface area contributed by atoms with Crippen molar-refractivity contribution in [3.05, 3.63) is 52.3 Å². The fraction of sp³-hybridized carbons (Fsp3) is 0.231. The fourth-order valence-electron chi connectivity index (χ4n) is 2.35. The van der Waals surface area contributed by atoms with Crippen LogP contribution in [-0.2, 0) is 6.42 Å². The number of fused-ring (bicyclic) bond motifs is 1. The predicted octanol–water partition coefficient (Wildman–Crippen LogP) is 2.48. The third-order valence-corrected chi connectivity index (χ3v) is 3.48. The number of carbonyl (C=O) groups excluding carboxylic acids is 1. The van der Waals surface area contributed by atoms with Gasteiger partial charge in [0.05, 0.1) is 17.8 Å². The lowest BCUT2D eigenvalue weighted by Crippen LogP contribution is -2.26. The topological polar surface area (TPSA) is 57.8 Å². The normalized spacial score (nSPS) is 17.5. The Morgan fingerprint density at radius 1 is 1.50 bits per heavy atom. The SMILES string of the molecule is O=C(N[C@@H]1CCc2cc(Cl)ccc21)c1cn[nH]c1. The predicted molar refractivity (Wildman–Crippen MR) is 68.6 cm³/mol. The molecule has 0 spiro atoms.